The number of imide groups is 1. The van der Waals surface area contributed by atoms with Crippen molar-refractivity contribution in [1.82, 2.24) is 0 Å². The molecule has 0 N–H and O–H groups in total. The van der Waals surface area contributed by atoms with Crippen molar-refractivity contribution in [1.29, 1.82) is 5.26 Å². The molecule has 2 bridgehead atoms. The third kappa shape index (κ3) is 2.51. The lowest BCUT2D eigenvalue weighted by atomic mass is 9.71. The van der Waals surface area contributed by atoms with Crippen LogP contribution in [-0.2, 0) is 14.4 Å². The van der Waals surface area contributed by atoms with E-state index in [2.05, 4.69) is 5.16 Å². The Morgan fingerprint density at radius 3 is 2.56 bits per heavy atom. The summed E-state index contributed by atoms with van der Waals surface area (Å²) in [6.07, 6.45) is 0.573. The fraction of sp³-hybridized carbons (Fsp3) is 0.360. The van der Waals surface area contributed by atoms with E-state index >= 15 is 0 Å². The average Bonchev–Trinajstić information content (AvgIpc) is 3.65. The van der Waals surface area contributed by atoms with Crippen LogP contribution in [0.5, 0.6) is 17.2 Å². The van der Waals surface area contributed by atoms with Gasteiger partial charge in [-0.25, -0.2) is 4.90 Å². The average molecular weight is 457 g/mol. The molecule has 3 aliphatic heterocycles. The molecule has 2 aromatic carbocycles. The van der Waals surface area contributed by atoms with Crippen LogP contribution in [0.1, 0.15) is 12.0 Å². The number of hydrogen-bond acceptors (Lipinski definition) is 8. The van der Waals surface area contributed by atoms with Crippen molar-refractivity contribution in [2.24, 2.45) is 34.7 Å². The number of carbonyl (C=O) groups is 2. The lowest BCUT2D eigenvalue weighted by Gasteiger charge is -2.29. The quantitative estimate of drug-likeness (QED) is 0.649. The van der Waals surface area contributed by atoms with Crippen molar-refractivity contribution in [3.8, 4) is 23.3 Å². The molecule has 5 aliphatic rings. The first-order valence-electron chi connectivity index (χ1n) is 11.3. The SMILES string of the molecule is N#CCOc1ccc(C2=NO[C@@H]3[C@H]4C[C@H]([C@H]5C(=O)N(c6ccc7c(c6)OCO7)C(=O)[C@@H]45)[C@H]23)cc1. The molecule has 2 amide bonds. The minimum absolute atomic E-state index is 0.00812. The number of nitriles is 1. The van der Waals surface area contributed by atoms with Gasteiger partial charge in [0, 0.05) is 23.5 Å². The number of amides is 2. The van der Waals surface area contributed by atoms with Crippen molar-refractivity contribution < 1.29 is 28.6 Å². The van der Waals surface area contributed by atoms with E-state index < -0.39 is 0 Å². The summed E-state index contributed by atoms with van der Waals surface area (Å²) in [6.45, 7) is 0.112. The second-order valence-corrected chi connectivity index (χ2v) is 9.21. The van der Waals surface area contributed by atoms with Crippen LogP contribution in [0.4, 0.5) is 5.69 Å². The number of oxime groups is 1. The first-order valence-corrected chi connectivity index (χ1v) is 11.3. The summed E-state index contributed by atoms with van der Waals surface area (Å²) in [5.74, 6) is 0.555. The van der Waals surface area contributed by atoms with Crippen LogP contribution < -0.4 is 19.1 Å². The molecular weight excluding hydrogens is 438 g/mol. The zero-order valence-corrected chi connectivity index (χ0v) is 17.9. The van der Waals surface area contributed by atoms with E-state index in [1.54, 1.807) is 30.3 Å². The topological polar surface area (TPSA) is 110 Å². The molecule has 0 unspecified atom stereocenters. The Hall–Kier alpha value is -4.06. The van der Waals surface area contributed by atoms with Crippen LogP contribution in [0.3, 0.4) is 0 Å². The molecular formula is C25H19N3O6. The predicted octanol–water partition coefficient (Wildman–Crippen LogP) is 2.49. The second-order valence-electron chi connectivity index (χ2n) is 9.21. The van der Waals surface area contributed by atoms with Crippen LogP contribution in [0, 0.1) is 40.9 Å². The maximum atomic E-state index is 13.6. The fourth-order valence-electron chi connectivity index (χ4n) is 6.48. The largest absolute Gasteiger partial charge is 0.479 e. The number of anilines is 1. The Morgan fingerprint density at radius 1 is 1.00 bits per heavy atom. The lowest BCUT2D eigenvalue weighted by molar-refractivity contribution is -0.125. The van der Waals surface area contributed by atoms with Gasteiger partial charge in [-0.15, -0.1) is 0 Å². The molecule has 1 saturated heterocycles. The highest BCUT2D eigenvalue weighted by Gasteiger charge is 2.70. The van der Waals surface area contributed by atoms with E-state index in [1.165, 1.54) is 4.90 Å². The molecule has 7 rings (SSSR count). The highest BCUT2D eigenvalue weighted by atomic mass is 16.7. The molecule has 9 heteroatoms. The molecule has 0 spiro atoms. The van der Waals surface area contributed by atoms with E-state index in [0.29, 0.717) is 22.9 Å². The van der Waals surface area contributed by atoms with Gasteiger partial charge in [0.15, 0.2) is 18.1 Å². The van der Waals surface area contributed by atoms with Crippen molar-refractivity contribution in [3.05, 3.63) is 48.0 Å². The van der Waals surface area contributed by atoms with Gasteiger partial charge in [-0.1, -0.05) is 5.16 Å². The number of hydrogen-bond donors (Lipinski definition) is 0. The number of nitrogens with zero attached hydrogens (tertiary/aromatic N) is 3. The first-order chi connectivity index (χ1) is 16.7. The highest BCUT2D eigenvalue weighted by molar-refractivity contribution is 6.23. The number of rotatable bonds is 4. The predicted molar refractivity (Wildman–Crippen MR) is 116 cm³/mol. The molecule has 6 atom stereocenters. The monoisotopic (exact) mass is 457 g/mol. The van der Waals surface area contributed by atoms with Crippen molar-refractivity contribution >= 4 is 23.2 Å². The smallest absolute Gasteiger partial charge is 0.238 e. The standard InChI is InChI=1S/C25H19N3O6/c26-7-8-31-14-4-1-12(2-5-14)22-21-15-10-16(23(21)34-27-22)20-19(15)24(29)28(25(20)30)13-3-6-17-18(9-13)33-11-32-17/h1-6,9,15-16,19-21,23H,8,10-11H2/t15-,16+,19-,20+,21-,23-/m1/s1. The Morgan fingerprint density at radius 2 is 1.76 bits per heavy atom. The van der Waals surface area contributed by atoms with Crippen LogP contribution in [0.25, 0.3) is 0 Å². The van der Waals surface area contributed by atoms with Gasteiger partial charge >= 0.3 is 0 Å². The minimum atomic E-state index is -0.388. The lowest BCUT2D eigenvalue weighted by Crippen LogP contribution is -2.41. The molecule has 9 nitrogen and oxygen atoms in total. The summed E-state index contributed by atoms with van der Waals surface area (Å²) < 4.78 is 16.1. The molecule has 170 valence electrons. The van der Waals surface area contributed by atoms with E-state index in [0.717, 1.165) is 17.7 Å². The van der Waals surface area contributed by atoms with Gasteiger partial charge < -0.3 is 19.0 Å². The van der Waals surface area contributed by atoms with Crippen LogP contribution in [0.15, 0.2) is 47.6 Å². The summed E-state index contributed by atoms with van der Waals surface area (Å²) >= 11 is 0. The Balaban J connectivity index is 1.17. The van der Waals surface area contributed by atoms with Gasteiger partial charge in [0.2, 0.25) is 18.6 Å². The molecule has 2 saturated carbocycles. The zero-order chi connectivity index (χ0) is 23.0. The van der Waals surface area contributed by atoms with Gasteiger partial charge in [0.05, 0.1) is 23.2 Å². The van der Waals surface area contributed by atoms with Crippen LogP contribution in [0.2, 0.25) is 0 Å². The van der Waals surface area contributed by atoms with Gasteiger partial charge in [0.25, 0.3) is 0 Å². The van der Waals surface area contributed by atoms with Crippen molar-refractivity contribution in [3.63, 3.8) is 0 Å². The second kappa shape index (κ2) is 6.97. The zero-order valence-electron chi connectivity index (χ0n) is 17.9. The summed E-state index contributed by atoms with van der Waals surface area (Å²) in [4.78, 5) is 34.2. The Labute approximate surface area is 194 Å². The van der Waals surface area contributed by atoms with E-state index in [-0.39, 0.29) is 60.9 Å². The third-order valence-electron chi connectivity index (χ3n) is 7.76. The fourth-order valence-corrected chi connectivity index (χ4v) is 6.48. The van der Waals surface area contributed by atoms with Crippen LogP contribution >= 0.6 is 0 Å². The summed E-state index contributed by atoms with van der Waals surface area (Å²) in [5, 5.41) is 13.1. The number of carbonyl (C=O) groups excluding carboxylic acids is 2. The van der Waals surface area contributed by atoms with E-state index in [9.17, 15) is 9.59 Å². The van der Waals surface area contributed by atoms with Gasteiger partial charge in [-0.05, 0) is 48.7 Å². The molecule has 3 fully saturated rings. The van der Waals surface area contributed by atoms with Gasteiger partial charge in [-0.2, -0.15) is 5.26 Å². The van der Waals surface area contributed by atoms with Gasteiger partial charge in [0.1, 0.15) is 17.9 Å². The maximum absolute atomic E-state index is 13.6. The first kappa shape index (κ1) is 19.4. The van der Waals surface area contributed by atoms with Gasteiger partial charge in [-0.3, -0.25) is 9.59 Å². The summed E-state index contributed by atoms with van der Waals surface area (Å²) in [6, 6.07) is 14.5. The number of ether oxygens (including phenoxy) is 3. The summed E-state index contributed by atoms with van der Waals surface area (Å²) in [7, 11) is 0. The molecule has 34 heavy (non-hydrogen) atoms. The summed E-state index contributed by atoms with van der Waals surface area (Å²) in [5.41, 5.74) is 2.22. The van der Waals surface area contributed by atoms with Crippen molar-refractivity contribution in [2.75, 3.05) is 18.3 Å². The van der Waals surface area contributed by atoms with E-state index in [4.69, 9.17) is 24.3 Å². The third-order valence-corrected chi connectivity index (χ3v) is 7.76. The minimum Gasteiger partial charge on any atom is -0.479 e. The van der Waals surface area contributed by atoms with Crippen LogP contribution in [-0.4, -0.2) is 37.0 Å². The molecule has 0 aromatic heterocycles. The molecule has 0 radical (unpaired) electrons. The number of fused-ring (bicyclic) bond motifs is 9. The maximum Gasteiger partial charge on any atom is 0.238 e. The molecule has 3 heterocycles. The molecule has 2 aliphatic carbocycles. The normalized spacial score (nSPS) is 31.7. The highest BCUT2D eigenvalue weighted by Crippen LogP contribution is 2.62. The van der Waals surface area contributed by atoms with Crippen molar-refractivity contribution in [2.45, 2.75) is 12.5 Å². The number of benzene rings is 2. The van der Waals surface area contributed by atoms with E-state index in [1.807, 2.05) is 18.2 Å². The molecule has 2 aromatic rings. The Kier molecular flexibility index (Phi) is 3.98. The Bertz CT molecular complexity index is 1300.